The van der Waals surface area contributed by atoms with Gasteiger partial charge in [-0.25, -0.2) is 4.98 Å². The Labute approximate surface area is 218 Å². The van der Waals surface area contributed by atoms with Crippen LogP contribution in [0.5, 0.6) is 0 Å². The first-order valence-electron chi connectivity index (χ1n) is 13.1. The van der Waals surface area contributed by atoms with Crippen LogP contribution in [0.4, 0.5) is 17.5 Å². The van der Waals surface area contributed by atoms with Crippen molar-refractivity contribution in [2.45, 2.75) is 67.2 Å². The molecule has 1 aliphatic rings. The minimum atomic E-state index is 0.482. The first-order valence-corrected chi connectivity index (χ1v) is 13.1. The van der Waals surface area contributed by atoms with Crippen molar-refractivity contribution in [1.82, 2.24) is 15.0 Å². The van der Waals surface area contributed by atoms with Crippen LogP contribution in [-0.4, -0.2) is 34.3 Å². The van der Waals surface area contributed by atoms with Gasteiger partial charge in [-0.2, -0.15) is 4.98 Å². The number of aromatic nitrogens is 3. The lowest BCUT2D eigenvalue weighted by Gasteiger charge is -2.30. The molecule has 6 heteroatoms. The molecule has 3 heterocycles. The highest BCUT2D eigenvalue weighted by atomic mass is 15.3. The second-order valence-electron chi connectivity index (χ2n) is 9.61. The summed E-state index contributed by atoms with van der Waals surface area (Å²) in [6, 6.07) is 14.2. The van der Waals surface area contributed by atoms with E-state index in [0.29, 0.717) is 11.5 Å². The smallest absolute Gasteiger partial charge is 0.227 e. The fraction of sp³-hybridized carbons (Fsp3) is 0.467. The first kappa shape index (κ1) is 29.0. The molecule has 0 saturated carbocycles. The second kappa shape index (κ2) is 15.7. The summed E-state index contributed by atoms with van der Waals surface area (Å²) < 4.78 is 0. The van der Waals surface area contributed by atoms with Crippen LogP contribution in [0, 0.1) is 32.6 Å². The Bertz CT molecular complexity index is 975. The number of pyridine rings is 1. The Hall–Kier alpha value is -3.28. The van der Waals surface area contributed by atoms with Crippen molar-refractivity contribution < 1.29 is 0 Å². The van der Waals surface area contributed by atoms with E-state index >= 15 is 0 Å². The molecule has 0 bridgehead atoms. The third kappa shape index (κ3) is 10.1. The maximum atomic E-state index is 6.10. The number of anilines is 2. The molecular formula is C30H44N6. The van der Waals surface area contributed by atoms with Gasteiger partial charge >= 0.3 is 0 Å². The van der Waals surface area contributed by atoms with Gasteiger partial charge in [0.15, 0.2) is 5.82 Å². The van der Waals surface area contributed by atoms with Gasteiger partial charge in [-0.3, -0.25) is 9.98 Å². The minimum absolute atomic E-state index is 0.482. The lowest BCUT2D eigenvalue weighted by atomic mass is 9.87. The van der Waals surface area contributed by atoms with Crippen LogP contribution in [0.15, 0.2) is 59.9 Å². The Morgan fingerprint density at radius 3 is 2.08 bits per heavy atom. The van der Waals surface area contributed by atoms with E-state index in [1.807, 2.05) is 57.3 Å². The Kier molecular flexibility index (Phi) is 12.6. The predicted molar refractivity (Wildman–Crippen MR) is 154 cm³/mol. The summed E-state index contributed by atoms with van der Waals surface area (Å²) in [4.78, 5) is 19.6. The van der Waals surface area contributed by atoms with E-state index in [1.165, 1.54) is 30.4 Å². The molecule has 2 N–H and O–H groups in total. The van der Waals surface area contributed by atoms with Crippen molar-refractivity contribution in [3.8, 4) is 0 Å². The fourth-order valence-corrected chi connectivity index (χ4v) is 3.86. The standard InChI is InChI=1S/C17H29N5.C7H8.C6H7N/c1-5-9-19-15-14(4)20-17(21-16(15)18)22-10-6-7-12(2)13(3)8-11-22;1-7-5-3-2-4-6-7;1-6-2-4-7-5-3-6/h9,12-13H,5-8,10-11H2,1-4H3,(H2,18,20,21);2-6H,1H3;2-5H,1H3. The largest absolute Gasteiger partial charge is 0.382 e. The quantitative estimate of drug-likeness (QED) is 0.397. The van der Waals surface area contributed by atoms with E-state index < -0.39 is 0 Å². The van der Waals surface area contributed by atoms with Gasteiger partial charge in [0, 0.05) is 31.7 Å². The number of benzene rings is 1. The second-order valence-corrected chi connectivity index (χ2v) is 9.61. The van der Waals surface area contributed by atoms with Crippen LogP contribution < -0.4 is 10.6 Å². The zero-order valence-electron chi connectivity index (χ0n) is 23.0. The number of nitrogen functional groups attached to an aromatic ring is 1. The molecule has 1 aromatic carbocycles. The van der Waals surface area contributed by atoms with E-state index in [0.717, 1.165) is 43.0 Å². The van der Waals surface area contributed by atoms with Gasteiger partial charge in [-0.1, -0.05) is 56.7 Å². The molecule has 0 amide bonds. The van der Waals surface area contributed by atoms with Gasteiger partial charge < -0.3 is 10.6 Å². The number of aryl methyl sites for hydroxylation is 3. The summed E-state index contributed by atoms with van der Waals surface area (Å²) in [5.74, 6) is 2.79. The van der Waals surface area contributed by atoms with Crippen molar-refractivity contribution in [2.24, 2.45) is 16.8 Å². The van der Waals surface area contributed by atoms with Crippen molar-refractivity contribution in [1.29, 1.82) is 0 Å². The van der Waals surface area contributed by atoms with Crippen molar-refractivity contribution in [3.05, 3.63) is 71.7 Å². The summed E-state index contributed by atoms with van der Waals surface area (Å²) in [7, 11) is 0. The number of hydrogen-bond donors (Lipinski definition) is 1. The van der Waals surface area contributed by atoms with Gasteiger partial charge in [-0.05, 0) is 76.0 Å². The fourth-order valence-electron chi connectivity index (χ4n) is 3.86. The molecular weight excluding hydrogens is 444 g/mol. The summed E-state index contributed by atoms with van der Waals surface area (Å²) >= 11 is 0. The summed E-state index contributed by atoms with van der Waals surface area (Å²) in [5, 5.41) is 0. The van der Waals surface area contributed by atoms with E-state index in [-0.39, 0.29) is 0 Å². The summed E-state index contributed by atoms with van der Waals surface area (Å²) in [6.07, 6.45) is 9.93. The SMILES string of the molecule is CCC=Nc1c(C)nc(N2CCCC(C)C(C)CC2)nc1N.Cc1ccccc1.Cc1ccncc1. The molecule has 6 nitrogen and oxygen atoms in total. The van der Waals surface area contributed by atoms with Gasteiger partial charge in [0.2, 0.25) is 5.95 Å². The third-order valence-electron chi connectivity index (χ3n) is 6.46. The van der Waals surface area contributed by atoms with Crippen LogP contribution in [0.25, 0.3) is 0 Å². The van der Waals surface area contributed by atoms with Gasteiger partial charge in [0.25, 0.3) is 0 Å². The zero-order valence-corrected chi connectivity index (χ0v) is 23.0. The maximum absolute atomic E-state index is 6.10. The molecule has 0 spiro atoms. The van der Waals surface area contributed by atoms with E-state index in [2.05, 4.69) is 57.7 Å². The molecule has 1 aliphatic heterocycles. The van der Waals surface area contributed by atoms with Crippen molar-refractivity contribution in [3.63, 3.8) is 0 Å². The van der Waals surface area contributed by atoms with E-state index in [1.54, 1.807) is 12.4 Å². The van der Waals surface area contributed by atoms with Crippen LogP contribution in [0.2, 0.25) is 0 Å². The molecule has 2 atom stereocenters. The lowest BCUT2D eigenvalue weighted by Crippen LogP contribution is -2.32. The van der Waals surface area contributed by atoms with Crippen LogP contribution in [-0.2, 0) is 0 Å². The van der Waals surface area contributed by atoms with Crippen molar-refractivity contribution in [2.75, 3.05) is 23.7 Å². The molecule has 3 aromatic rings. The van der Waals surface area contributed by atoms with Crippen LogP contribution in [0.1, 0.15) is 63.3 Å². The Morgan fingerprint density at radius 1 is 0.917 bits per heavy atom. The zero-order chi connectivity index (χ0) is 26.3. The molecule has 1 saturated heterocycles. The van der Waals surface area contributed by atoms with E-state index in [9.17, 15) is 0 Å². The minimum Gasteiger partial charge on any atom is -0.382 e. The Morgan fingerprint density at radius 2 is 1.56 bits per heavy atom. The average molecular weight is 489 g/mol. The highest BCUT2D eigenvalue weighted by molar-refractivity contribution is 5.70. The van der Waals surface area contributed by atoms with Gasteiger partial charge in [0.05, 0.1) is 5.69 Å². The number of aliphatic imine (C=N–C) groups is 1. The molecule has 36 heavy (non-hydrogen) atoms. The van der Waals surface area contributed by atoms with Gasteiger partial charge in [-0.15, -0.1) is 0 Å². The number of hydrogen-bond acceptors (Lipinski definition) is 6. The predicted octanol–water partition coefficient (Wildman–Crippen LogP) is 7.13. The third-order valence-corrected chi connectivity index (χ3v) is 6.46. The molecule has 194 valence electrons. The maximum Gasteiger partial charge on any atom is 0.227 e. The van der Waals surface area contributed by atoms with Crippen LogP contribution >= 0.6 is 0 Å². The van der Waals surface area contributed by atoms with Crippen LogP contribution in [0.3, 0.4) is 0 Å². The summed E-state index contributed by atoms with van der Waals surface area (Å²) in [6.45, 7) is 14.8. The number of rotatable bonds is 3. The molecule has 0 aliphatic carbocycles. The topological polar surface area (TPSA) is 80.3 Å². The number of nitrogens with zero attached hydrogens (tertiary/aromatic N) is 5. The highest BCUT2D eigenvalue weighted by Crippen LogP contribution is 2.28. The molecule has 1 fully saturated rings. The Balaban J connectivity index is 0.000000262. The number of nitrogens with two attached hydrogens (primary N) is 1. The summed E-state index contributed by atoms with van der Waals surface area (Å²) in [5.41, 5.74) is 10.2. The molecule has 4 rings (SSSR count). The molecule has 2 aromatic heterocycles. The first-order chi connectivity index (χ1) is 17.3. The lowest BCUT2D eigenvalue weighted by molar-refractivity contribution is 0.321. The van der Waals surface area contributed by atoms with Gasteiger partial charge in [0.1, 0.15) is 5.69 Å². The van der Waals surface area contributed by atoms with Crippen molar-refractivity contribution >= 4 is 23.7 Å². The molecule has 0 radical (unpaired) electrons. The van der Waals surface area contributed by atoms with E-state index in [4.69, 9.17) is 5.73 Å². The average Bonchev–Trinajstić information content (AvgIpc) is 2.86. The normalized spacial score (nSPS) is 17.8. The highest BCUT2D eigenvalue weighted by Gasteiger charge is 2.20. The molecule has 2 unspecified atom stereocenters. The monoisotopic (exact) mass is 488 g/mol.